The zero-order valence-corrected chi connectivity index (χ0v) is 11.5. The summed E-state index contributed by atoms with van der Waals surface area (Å²) in [6.07, 6.45) is -0.624. The van der Waals surface area contributed by atoms with E-state index in [0.29, 0.717) is 19.1 Å². The summed E-state index contributed by atoms with van der Waals surface area (Å²) in [5, 5.41) is 20.0. The zero-order valence-electron chi connectivity index (χ0n) is 11.5. The molecule has 19 heavy (non-hydrogen) atoms. The normalized spacial score (nSPS) is 20.6. The Morgan fingerprint density at radius 3 is 2.58 bits per heavy atom. The van der Waals surface area contributed by atoms with Gasteiger partial charge >= 0.3 is 12.0 Å². The summed E-state index contributed by atoms with van der Waals surface area (Å²) in [7, 11) is 0. The molecular formula is C12H23N3O4. The van der Waals surface area contributed by atoms with Gasteiger partial charge in [0.05, 0.1) is 6.54 Å². The van der Waals surface area contributed by atoms with Gasteiger partial charge in [0.25, 0.3) is 0 Å². The van der Waals surface area contributed by atoms with Gasteiger partial charge in [-0.2, -0.15) is 0 Å². The van der Waals surface area contributed by atoms with Gasteiger partial charge in [0, 0.05) is 19.1 Å². The molecule has 110 valence electrons. The molecule has 0 aromatic carbocycles. The minimum atomic E-state index is -1.55. The topological polar surface area (TPSA) is 93.1 Å². The first-order chi connectivity index (χ1) is 8.99. The third-order valence-corrected chi connectivity index (χ3v) is 3.51. The van der Waals surface area contributed by atoms with Crippen molar-refractivity contribution >= 4 is 12.0 Å². The van der Waals surface area contributed by atoms with Gasteiger partial charge in [-0.25, -0.2) is 9.59 Å². The Morgan fingerprint density at radius 2 is 2.05 bits per heavy atom. The van der Waals surface area contributed by atoms with Gasteiger partial charge in [-0.15, -0.1) is 0 Å². The molecule has 1 rings (SSSR count). The summed E-state index contributed by atoms with van der Waals surface area (Å²) in [6, 6.07) is 0.0557. The van der Waals surface area contributed by atoms with Crippen LogP contribution >= 0.6 is 0 Å². The van der Waals surface area contributed by atoms with Gasteiger partial charge in [-0.05, 0) is 19.5 Å². The first-order valence-electron chi connectivity index (χ1n) is 6.67. The van der Waals surface area contributed by atoms with Crippen molar-refractivity contribution in [2.45, 2.75) is 32.4 Å². The molecule has 2 amide bonds. The van der Waals surface area contributed by atoms with Crippen LogP contribution in [0.4, 0.5) is 4.79 Å². The maximum atomic E-state index is 11.8. The number of aliphatic carboxylic acids is 1. The Bertz CT molecular complexity index is 320. The van der Waals surface area contributed by atoms with Crippen LogP contribution in [0.1, 0.15) is 20.3 Å². The molecule has 0 aliphatic carbocycles. The number of aliphatic hydroxyl groups is 1. The van der Waals surface area contributed by atoms with Crippen molar-refractivity contribution in [3.63, 3.8) is 0 Å². The quantitative estimate of drug-likeness (QED) is 0.610. The third kappa shape index (κ3) is 4.36. The lowest BCUT2D eigenvalue weighted by molar-refractivity contribution is -0.146. The number of amides is 2. The molecule has 0 aromatic rings. The molecule has 1 fully saturated rings. The fourth-order valence-corrected chi connectivity index (χ4v) is 2.35. The molecule has 1 saturated heterocycles. The highest BCUT2D eigenvalue weighted by atomic mass is 16.4. The van der Waals surface area contributed by atoms with Crippen LogP contribution in [0.2, 0.25) is 0 Å². The fourth-order valence-electron chi connectivity index (χ4n) is 2.35. The number of nitrogens with zero attached hydrogens (tertiary/aromatic N) is 2. The Balaban J connectivity index is 2.37. The van der Waals surface area contributed by atoms with E-state index in [1.807, 2.05) is 0 Å². The first-order valence-corrected chi connectivity index (χ1v) is 6.67. The van der Waals surface area contributed by atoms with Crippen LogP contribution in [0.15, 0.2) is 0 Å². The molecule has 0 spiro atoms. The fraction of sp³-hybridized carbons (Fsp3) is 0.833. The van der Waals surface area contributed by atoms with Crippen LogP contribution in [0.5, 0.6) is 0 Å². The molecular weight excluding hydrogens is 250 g/mol. The van der Waals surface area contributed by atoms with Crippen molar-refractivity contribution in [3.05, 3.63) is 0 Å². The lowest BCUT2D eigenvalue weighted by atomic mass is 10.2. The lowest BCUT2D eigenvalue weighted by Gasteiger charge is -2.26. The minimum absolute atomic E-state index is 0.263. The SMILES string of the molecule is CCN(CC)C1CCN(C(=O)NCC(O)C(=O)O)C1. The number of urea groups is 1. The van der Waals surface area contributed by atoms with Gasteiger partial charge in [0.1, 0.15) is 0 Å². The van der Waals surface area contributed by atoms with Crippen molar-refractivity contribution in [1.82, 2.24) is 15.1 Å². The van der Waals surface area contributed by atoms with Gasteiger partial charge in [0.2, 0.25) is 0 Å². The largest absolute Gasteiger partial charge is 0.479 e. The van der Waals surface area contributed by atoms with E-state index in [2.05, 4.69) is 24.1 Å². The predicted octanol–water partition coefficient (Wildman–Crippen LogP) is -0.442. The molecule has 2 unspecified atom stereocenters. The monoisotopic (exact) mass is 273 g/mol. The second kappa shape index (κ2) is 7.30. The van der Waals surface area contributed by atoms with Crippen LogP contribution in [0.25, 0.3) is 0 Å². The minimum Gasteiger partial charge on any atom is -0.479 e. The Kier molecular flexibility index (Phi) is 6.04. The number of carbonyl (C=O) groups is 2. The van der Waals surface area contributed by atoms with Gasteiger partial charge in [-0.1, -0.05) is 13.8 Å². The Labute approximate surface area is 113 Å². The summed E-state index contributed by atoms with van der Waals surface area (Å²) in [5.41, 5.74) is 0. The zero-order chi connectivity index (χ0) is 14.4. The highest BCUT2D eigenvalue weighted by Crippen LogP contribution is 2.15. The standard InChI is InChI=1S/C12H23N3O4/c1-3-14(4-2)9-5-6-15(8-9)12(19)13-7-10(16)11(17)18/h9-10,16H,3-8H2,1-2H3,(H,13,19)(H,17,18). The number of carbonyl (C=O) groups excluding carboxylic acids is 1. The molecule has 0 aromatic heterocycles. The van der Waals surface area contributed by atoms with Crippen LogP contribution in [0.3, 0.4) is 0 Å². The van der Waals surface area contributed by atoms with Crippen LogP contribution < -0.4 is 5.32 Å². The molecule has 2 atom stereocenters. The number of aliphatic hydroxyl groups excluding tert-OH is 1. The maximum absolute atomic E-state index is 11.8. The number of carboxylic acid groups (broad SMARTS) is 1. The summed E-state index contributed by atoms with van der Waals surface area (Å²) >= 11 is 0. The maximum Gasteiger partial charge on any atom is 0.334 e. The molecule has 1 aliphatic heterocycles. The van der Waals surface area contributed by atoms with Gasteiger partial charge in [-0.3, -0.25) is 4.90 Å². The van der Waals surface area contributed by atoms with E-state index in [-0.39, 0.29) is 12.6 Å². The second-order valence-corrected chi connectivity index (χ2v) is 4.65. The highest BCUT2D eigenvalue weighted by molar-refractivity contribution is 5.77. The number of rotatable bonds is 6. The van der Waals surface area contributed by atoms with E-state index in [1.54, 1.807) is 4.90 Å². The van der Waals surface area contributed by atoms with Crippen LogP contribution in [-0.4, -0.2) is 76.9 Å². The molecule has 1 aliphatic rings. The van der Waals surface area contributed by atoms with E-state index in [9.17, 15) is 9.59 Å². The van der Waals surface area contributed by atoms with Crippen LogP contribution in [-0.2, 0) is 4.79 Å². The molecule has 7 nitrogen and oxygen atoms in total. The molecule has 0 radical (unpaired) electrons. The average molecular weight is 273 g/mol. The van der Waals surface area contributed by atoms with Crippen molar-refractivity contribution in [3.8, 4) is 0 Å². The highest BCUT2D eigenvalue weighted by Gasteiger charge is 2.29. The van der Waals surface area contributed by atoms with E-state index in [0.717, 1.165) is 19.5 Å². The number of nitrogens with one attached hydrogen (secondary N) is 1. The van der Waals surface area contributed by atoms with Crippen molar-refractivity contribution in [2.24, 2.45) is 0 Å². The molecule has 7 heteroatoms. The number of carboxylic acids is 1. The Morgan fingerprint density at radius 1 is 1.42 bits per heavy atom. The van der Waals surface area contributed by atoms with Crippen molar-refractivity contribution in [2.75, 3.05) is 32.7 Å². The smallest absolute Gasteiger partial charge is 0.334 e. The number of likely N-dealkylation sites (N-methyl/N-ethyl adjacent to an activating group) is 1. The summed E-state index contributed by atoms with van der Waals surface area (Å²) in [5.74, 6) is -1.33. The van der Waals surface area contributed by atoms with E-state index < -0.39 is 12.1 Å². The first kappa shape index (κ1) is 15.7. The van der Waals surface area contributed by atoms with Crippen LogP contribution in [0, 0.1) is 0 Å². The molecule has 3 N–H and O–H groups in total. The van der Waals surface area contributed by atoms with E-state index in [4.69, 9.17) is 10.2 Å². The lowest BCUT2D eigenvalue weighted by Crippen LogP contribution is -2.45. The molecule has 0 bridgehead atoms. The summed E-state index contributed by atoms with van der Waals surface area (Å²) < 4.78 is 0. The average Bonchev–Trinajstić information content (AvgIpc) is 2.86. The molecule has 0 saturated carbocycles. The number of hydrogen-bond donors (Lipinski definition) is 3. The summed E-state index contributed by atoms with van der Waals surface area (Å²) in [6.45, 7) is 7.14. The number of likely N-dealkylation sites (tertiary alicyclic amines) is 1. The van der Waals surface area contributed by atoms with E-state index >= 15 is 0 Å². The van der Waals surface area contributed by atoms with Crippen molar-refractivity contribution < 1.29 is 19.8 Å². The van der Waals surface area contributed by atoms with Gasteiger partial charge < -0.3 is 20.4 Å². The van der Waals surface area contributed by atoms with E-state index in [1.165, 1.54) is 0 Å². The van der Waals surface area contributed by atoms with Gasteiger partial charge in [0.15, 0.2) is 6.10 Å². The second-order valence-electron chi connectivity index (χ2n) is 4.65. The third-order valence-electron chi connectivity index (χ3n) is 3.51. The number of hydrogen-bond acceptors (Lipinski definition) is 4. The Hall–Kier alpha value is -1.34. The predicted molar refractivity (Wildman–Crippen MR) is 69.9 cm³/mol. The molecule has 1 heterocycles. The van der Waals surface area contributed by atoms with Crippen molar-refractivity contribution in [1.29, 1.82) is 0 Å². The summed E-state index contributed by atoms with van der Waals surface area (Å²) in [4.78, 5) is 26.2.